The van der Waals surface area contributed by atoms with Crippen LogP contribution in [0.1, 0.15) is 0 Å². The molecule has 0 bridgehead atoms. The molecule has 0 spiro atoms. The van der Waals surface area contributed by atoms with Gasteiger partial charge in [-0.05, 0) is 0 Å². The first kappa shape index (κ1) is 22.6. The third kappa shape index (κ3) is 3.98. The van der Waals surface area contributed by atoms with Crippen molar-refractivity contribution in [1.82, 2.24) is 0 Å². The monoisotopic (exact) mass is 459 g/mol. The molecule has 0 radical (unpaired) electrons. The van der Waals surface area contributed by atoms with Crippen molar-refractivity contribution in [2.45, 2.75) is 30.7 Å². The smallest absolute Gasteiger partial charge is 0.229 e. The number of carbonyl (C=O) groups is 1. The lowest BCUT2D eigenvalue weighted by Gasteiger charge is -2.40. The zero-order valence-corrected chi connectivity index (χ0v) is 17.1. The maximum Gasteiger partial charge on any atom is 0.229 e. The van der Waals surface area contributed by atoms with Gasteiger partial charge in [0.25, 0.3) is 0 Å². The Bertz CT molecular complexity index is 1240. The number of aromatic hydroxyl groups is 1. The molecule has 5 atom stereocenters. The Morgan fingerprint density at radius 2 is 1.76 bits per heavy atom. The summed E-state index contributed by atoms with van der Waals surface area (Å²) < 4.78 is 21.4. The largest absolute Gasteiger partial charge is 0.547 e. The minimum atomic E-state index is -2.00. The fourth-order valence-electron chi connectivity index (χ4n) is 3.56. The van der Waals surface area contributed by atoms with Crippen molar-refractivity contribution >= 4 is 16.9 Å². The third-order valence-corrected chi connectivity index (χ3v) is 5.22. The molecule has 0 aliphatic carbocycles. The van der Waals surface area contributed by atoms with Gasteiger partial charge in [0.15, 0.2) is 16.9 Å². The first-order chi connectivity index (χ1) is 15.7. The van der Waals surface area contributed by atoms with Crippen LogP contribution in [0.25, 0.3) is 22.3 Å². The molecule has 11 heteroatoms. The Kier molecular flexibility index (Phi) is 5.95. The molecule has 3 aromatic rings. The molecule has 4 N–H and O–H groups in total. The lowest BCUT2D eigenvalue weighted by molar-refractivity contribution is -0.342. The summed E-state index contributed by atoms with van der Waals surface area (Å²) in [4.78, 5) is 23.9. The molecular weight excluding hydrogens is 440 g/mol. The number of rotatable bonds is 5. The van der Waals surface area contributed by atoms with E-state index >= 15 is 0 Å². The van der Waals surface area contributed by atoms with E-state index in [1.54, 1.807) is 30.3 Å². The molecule has 0 unspecified atom stereocenters. The van der Waals surface area contributed by atoms with Gasteiger partial charge in [-0.3, -0.25) is 4.79 Å². The van der Waals surface area contributed by atoms with Crippen molar-refractivity contribution in [3.8, 4) is 28.6 Å². The van der Waals surface area contributed by atoms with E-state index in [0.717, 1.165) is 0 Å². The highest BCUT2D eigenvalue weighted by molar-refractivity contribution is 5.89. The number of carbonyl (C=O) groups excluding carboxylic acids is 1. The zero-order chi connectivity index (χ0) is 23.9. The van der Waals surface area contributed by atoms with Crippen LogP contribution in [0.5, 0.6) is 17.2 Å². The van der Waals surface area contributed by atoms with Gasteiger partial charge in [-0.15, -0.1) is 0 Å². The van der Waals surface area contributed by atoms with Gasteiger partial charge in [0.2, 0.25) is 12.0 Å². The number of carboxylic acids is 1. The van der Waals surface area contributed by atoms with Crippen LogP contribution in [0, 0.1) is 0 Å². The van der Waals surface area contributed by atoms with Gasteiger partial charge < -0.3 is 49.0 Å². The SMILES string of the molecule is COc1c(O[C@@H]2O[C@H](C(=O)[O-])[C@@H](O)[C@H](O)[C@H]2O)cc2oc(-c3ccccc3)cc(=O)c2c1O. The van der Waals surface area contributed by atoms with Crippen molar-refractivity contribution < 1.29 is 49.0 Å². The van der Waals surface area contributed by atoms with Gasteiger partial charge in [-0.25, -0.2) is 0 Å². The number of aliphatic hydroxyl groups is 3. The number of methoxy groups -OCH3 is 1. The number of benzene rings is 2. The first-order valence-electron chi connectivity index (χ1n) is 9.73. The molecule has 1 saturated heterocycles. The summed E-state index contributed by atoms with van der Waals surface area (Å²) in [5.41, 5.74) is -0.0758. The molecule has 11 nitrogen and oxygen atoms in total. The lowest BCUT2D eigenvalue weighted by atomic mass is 9.99. The van der Waals surface area contributed by atoms with Gasteiger partial charge in [0, 0.05) is 17.7 Å². The topological polar surface area (TPSA) is 179 Å². The van der Waals surface area contributed by atoms with Gasteiger partial charge in [-0.1, -0.05) is 30.3 Å². The van der Waals surface area contributed by atoms with E-state index in [2.05, 4.69) is 0 Å². The molecule has 174 valence electrons. The fraction of sp³-hybridized carbons (Fsp3) is 0.273. The fourth-order valence-corrected chi connectivity index (χ4v) is 3.56. The Morgan fingerprint density at radius 3 is 2.39 bits per heavy atom. The number of ether oxygens (including phenoxy) is 3. The molecule has 0 saturated carbocycles. The molecule has 2 aromatic carbocycles. The number of phenolic OH excluding ortho intramolecular Hbond substituents is 1. The number of fused-ring (bicyclic) bond motifs is 1. The second kappa shape index (κ2) is 8.71. The van der Waals surface area contributed by atoms with Crippen LogP contribution in [-0.2, 0) is 9.53 Å². The average molecular weight is 459 g/mol. The predicted octanol–water partition coefficient (Wildman–Crippen LogP) is -0.889. The number of aliphatic carboxylic acids is 1. The van der Waals surface area contributed by atoms with Crippen molar-refractivity contribution in [3.63, 3.8) is 0 Å². The summed E-state index contributed by atoms with van der Waals surface area (Å²) >= 11 is 0. The molecule has 1 aliphatic rings. The molecule has 2 heterocycles. The average Bonchev–Trinajstić information content (AvgIpc) is 2.79. The number of carboxylic acid groups (broad SMARTS) is 1. The zero-order valence-electron chi connectivity index (χ0n) is 17.1. The van der Waals surface area contributed by atoms with E-state index in [-0.39, 0.29) is 28.2 Å². The summed E-state index contributed by atoms with van der Waals surface area (Å²) in [6.45, 7) is 0. The molecule has 1 aliphatic heterocycles. The normalized spacial score (nSPS) is 25.0. The molecular formula is C22H19O11-. The summed E-state index contributed by atoms with van der Waals surface area (Å²) in [5, 5.41) is 51.6. The van der Waals surface area contributed by atoms with E-state index in [4.69, 9.17) is 18.6 Å². The minimum absolute atomic E-state index is 0.100. The number of aliphatic hydroxyl groups excluding tert-OH is 3. The Balaban J connectivity index is 1.80. The molecule has 0 amide bonds. The lowest BCUT2D eigenvalue weighted by Crippen LogP contribution is -2.63. The Hall–Kier alpha value is -3.64. The van der Waals surface area contributed by atoms with Gasteiger partial charge >= 0.3 is 0 Å². The maximum atomic E-state index is 12.7. The standard InChI is InChI=1S/C22H20O11/c1-30-19-13(32-22-18(27)16(25)17(26)20(33-22)21(28)29)8-12-14(15(19)24)10(23)7-11(31-12)9-5-3-2-4-6-9/h2-8,16-18,20,22,24-27H,1H3,(H,28,29)/p-1/t16-,17-,18+,20-,22+/m0/s1. The van der Waals surface area contributed by atoms with E-state index in [9.17, 15) is 35.1 Å². The summed E-state index contributed by atoms with van der Waals surface area (Å²) in [7, 11) is 1.18. The van der Waals surface area contributed by atoms with Crippen LogP contribution >= 0.6 is 0 Å². The van der Waals surface area contributed by atoms with Crippen LogP contribution < -0.4 is 20.0 Å². The van der Waals surface area contributed by atoms with Crippen molar-refractivity contribution in [2.75, 3.05) is 7.11 Å². The van der Waals surface area contributed by atoms with Gasteiger partial charge in [-0.2, -0.15) is 0 Å². The Morgan fingerprint density at radius 1 is 1.06 bits per heavy atom. The number of phenols is 1. The van der Waals surface area contributed by atoms with Gasteiger partial charge in [0.1, 0.15) is 41.1 Å². The van der Waals surface area contributed by atoms with Crippen LogP contribution in [0.4, 0.5) is 0 Å². The van der Waals surface area contributed by atoms with Crippen molar-refractivity contribution in [2.24, 2.45) is 0 Å². The van der Waals surface area contributed by atoms with Crippen molar-refractivity contribution in [1.29, 1.82) is 0 Å². The second-order valence-corrected chi connectivity index (χ2v) is 7.30. The highest BCUT2D eigenvalue weighted by atomic mass is 16.7. The summed E-state index contributed by atoms with van der Waals surface area (Å²) in [5.74, 6) is -2.88. The van der Waals surface area contributed by atoms with Crippen LogP contribution in [0.15, 0.2) is 51.7 Å². The summed E-state index contributed by atoms with van der Waals surface area (Å²) in [6, 6.07) is 11.1. The highest BCUT2D eigenvalue weighted by Crippen LogP contribution is 2.43. The predicted molar refractivity (Wildman–Crippen MR) is 108 cm³/mol. The quantitative estimate of drug-likeness (QED) is 0.372. The van der Waals surface area contributed by atoms with E-state index in [1.165, 1.54) is 19.2 Å². The second-order valence-electron chi connectivity index (χ2n) is 7.30. The van der Waals surface area contributed by atoms with Gasteiger partial charge in [0.05, 0.1) is 13.1 Å². The van der Waals surface area contributed by atoms with Crippen LogP contribution in [-0.4, -0.2) is 64.2 Å². The molecule has 1 fully saturated rings. The Labute approximate surface area is 185 Å². The maximum absolute atomic E-state index is 12.7. The molecule has 33 heavy (non-hydrogen) atoms. The number of hydrogen-bond donors (Lipinski definition) is 4. The van der Waals surface area contributed by atoms with Crippen LogP contribution in [0.2, 0.25) is 0 Å². The number of hydrogen-bond acceptors (Lipinski definition) is 11. The summed E-state index contributed by atoms with van der Waals surface area (Å²) in [6.07, 6.45) is -9.59. The minimum Gasteiger partial charge on any atom is -0.547 e. The van der Waals surface area contributed by atoms with Crippen LogP contribution in [0.3, 0.4) is 0 Å². The highest BCUT2D eigenvalue weighted by Gasteiger charge is 2.46. The molecule has 4 rings (SSSR count). The third-order valence-electron chi connectivity index (χ3n) is 5.22. The van der Waals surface area contributed by atoms with E-state index in [0.29, 0.717) is 5.56 Å². The van der Waals surface area contributed by atoms with E-state index in [1.807, 2.05) is 0 Å². The first-order valence-corrected chi connectivity index (χ1v) is 9.73. The van der Waals surface area contributed by atoms with E-state index < -0.39 is 47.9 Å². The molecule has 1 aromatic heterocycles. The van der Waals surface area contributed by atoms with Crippen molar-refractivity contribution in [3.05, 3.63) is 52.7 Å².